The maximum atomic E-state index is 12.6. The summed E-state index contributed by atoms with van der Waals surface area (Å²) in [7, 11) is 5.64. The highest BCUT2D eigenvalue weighted by Crippen LogP contribution is 2.29. The summed E-state index contributed by atoms with van der Waals surface area (Å²) in [5.41, 5.74) is 1.78. The SMILES string of the molecule is COc1cccc(C(CNC(=O)Nc2ccccc2OC2CCCC2)N(C)C)c1. The topological polar surface area (TPSA) is 62.8 Å². The average molecular weight is 398 g/mol. The Balaban J connectivity index is 1.61. The smallest absolute Gasteiger partial charge is 0.319 e. The van der Waals surface area contributed by atoms with Gasteiger partial charge in [-0.2, -0.15) is 0 Å². The quantitative estimate of drug-likeness (QED) is 0.691. The molecule has 2 aromatic rings. The number of benzene rings is 2. The molecule has 1 unspecified atom stereocenters. The van der Waals surface area contributed by atoms with Gasteiger partial charge in [0.25, 0.3) is 0 Å². The maximum absolute atomic E-state index is 12.6. The summed E-state index contributed by atoms with van der Waals surface area (Å²) in [4.78, 5) is 14.6. The second-order valence-electron chi connectivity index (χ2n) is 7.61. The van der Waals surface area contributed by atoms with E-state index < -0.39 is 0 Å². The molecule has 29 heavy (non-hydrogen) atoms. The number of nitrogens with zero attached hydrogens (tertiary/aromatic N) is 1. The zero-order valence-corrected chi connectivity index (χ0v) is 17.5. The molecule has 0 saturated heterocycles. The van der Waals surface area contributed by atoms with Crippen molar-refractivity contribution in [2.75, 3.05) is 33.1 Å². The van der Waals surface area contributed by atoms with Gasteiger partial charge in [-0.25, -0.2) is 4.79 Å². The standard InChI is InChI=1S/C23H31N3O3/c1-26(2)21(17-9-8-12-19(15-17)28-3)16-24-23(27)25-20-13-6-7-14-22(20)29-18-10-4-5-11-18/h6-9,12-15,18,21H,4-5,10-11,16H2,1-3H3,(H2,24,25,27). The second-order valence-corrected chi connectivity index (χ2v) is 7.61. The molecule has 0 aliphatic heterocycles. The van der Waals surface area contributed by atoms with Crippen LogP contribution >= 0.6 is 0 Å². The minimum Gasteiger partial charge on any atom is -0.497 e. The van der Waals surface area contributed by atoms with Crippen LogP contribution in [-0.2, 0) is 0 Å². The first-order chi connectivity index (χ1) is 14.1. The van der Waals surface area contributed by atoms with Gasteiger partial charge in [-0.3, -0.25) is 0 Å². The largest absolute Gasteiger partial charge is 0.497 e. The first-order valence-electron chi connectivity index (χ1n) is 10.2. The zero-order chi connectivity index (χ0) is 20.6. The van der Waals surface area contributed by atoms with Gasteiger partial charge in [0.1, 0.15) is 11.5 Å². The highest BCUT2D eigenvalue weighted by molar-refractivity contribution is 5.90. The van der Waals surface area contributed by atoms with E-state index in [-0.39, 0.29) is 18.2 Å². The number of anilines is 1. The number of methoxy groups -OCH3 is 1. The van der Waals surface area contributed by atoms with Gasteiger partial charge in [0, 0.05) is 6.54 Å². The van der Waals surface area contributed by atoms with Gasteiger partial charge in [0.15, 0.2) is 0 Å². The van der Waals surface area contributed by atoms with Crippen molar-refractivity contribution >= 4 is 11.7 Å². The Morgan fingerprint density at radius 2 is 1.90 bits per heavy atom. The molecule has 156 valence electrons. The molecule has 1 saturated carbocycles. The number of hydrogen-bond acceptors (Lipinski definition) is 4. The lowest BCUT2D eigenvalue weighted by atomic mass is 10.1. The Morgan fingerprint density at radius 1 is 1.14 bits per heavy atom. The highest BCUT2D eigenvalue weighted by atomic mass is 16.5. The molecule has 1 aliphatic rings. The third-order valence-electron chi connectivity index (χ3n) is 5.29. The van der Waals surface area contributed by atoms with Crippen molar-refractivity contribution in [3.63, 3.8) is 0 Å². The van der Waals surface area contributed by atoms with Crippen molar-refractivity contribution < 1.29 is 14.3 Å². The monoisotopic (exact) mass is 397 g/mol. The molecule has 2 N–H and O–H groups in total. The van der Waals surface area contributed by atoms with Gasteiger partial charge in [-0.15, -0.1) is 0 Å². The van der Waals surface area contributed by atoms with Gasteiger partial charge in [0.2, 0.25) is 0 Å². The molecular weight excluding hydrogens is 366 g/mol. The lowest BCUT2D eigenvalue weighted by Crippen LogP contribution is -2.37. The number of nitrogens with one attached hydrogen (secondary N) is 2. The predicted molar refractivity (Wildman–Crippen MR) is 116 cm³/mol. The molecule has 1 atom stereocenters. The molecule has 1 aliphatic carbocycles. The van der Waals surface area contributed by atoms with E-state index >= 15 is 0 Å². The number of urea groups is 1. The molecule has 0 radical (unpaired) electrons. The molecule has 2 amide bonds. The Hall–Kier alpha value is -2.73. The molecule has 3 rings (SSSR count). The van der Waals surface area contributed by atoms with Crippen LogP contribution in [0.25, 0.3) is 0 Å². The average Bonchev–Trinajstić information content (AvgIpc) is 3.22. The Kier molecular flexibility index (Phi) is 7.36. The minimum atomic E-state index is -0.248. The van der Waals surface area contributed by atoms with E-state index in [1.54, 1.807) is 7.11 Å². The number of hydrogen-bond donors (Lipinski definition) is 2. The second kappa shape index (κ2) is 10.2. The summed E-state index contributed by atoms with van der Waals surface area (Å²) in [6.07, 6.45) is 4.80. The lowest BCUT2D eigenvalue weighted by Gasteiger charge is -2.25. The molecule has 0 aromatic heterocycles. The molecule has 0 bridgehead atoms. The van der Waals surface area contributed by atoms with Crippen LogP contribution in [0.3, 0.4) is 0 Å². The number of carbonyl (C=O) groups is 1. The third-order valence-corrected chi connectivity index (χ3v) is 5.29. The molecule has 0 spiro atoms. The maximum Gasteiger partial charge on any atom is 0.319 e. The number of carbonyl (C=O) groups excluding carboxylic acids is 1. The van der Waals surface area contributed by atoms with Crippen LogP contribution in [0.2, 0.25) is 0 Å². The summed E-state index contributed by atoms with van der Waals surface area (Å²) in [6, 6.07) is 15.3. The van der Waals surface area contributed by atoms with Crippen LogP contribution in [0, 0.1) is 0 Å². The van der Waals surface area contributed by atoms with Crippen LogP contribution in [0.4, 0.5) is 10.5 Å². The van der Waals surface area contributed by atoms with Gasteiger partial charge in [-0.05, 0) is 69.6 Å². The van der Waals surface area contributed by atoms with Gasteiger partial charge in [-0.1, -0.05) is 24.3 Å². The Morgan fingerprint density at radius 3 is 2.62 bits per heavy atom. The molecule has 6 heteroatoms. The normalized spacial score (nSPS) is 15.2. The van der Waals surface area contributed by atoms with Crippen LogP contribution in [-0.4, -0.2) is 44.8 Å². The molecule has 0 heterocycles. The molecular formula is C23H31N3O3. The van der Waals surface area contributed by atoms with E-state index in [2.05, 4.69) is 15.5 Å². The summed E-state index contributed by atoms with van der Waals surface area (Å²) in [5, 5.41) is 5.92. The van der Waals surface area contributed by atoms with Crippen molar-refractivity contribution in [2.24, 2.45) is 0 Å². The number of para-hydroxylation sites is 2. The predicted octanol–water partition coefficient (Wildman–Crippen LogP) is 4.44. The van der Waals surface area contributed by atoms with E-state index in [9.17, 15) is 4.79 Å². The van der Waals surface area contributed by atoms with E-state index in [1.807, 2.05) is 62.6 Å². The summed E-state index contributed by atoms with van der Waals surface area (Å²) >= 11 is 0. The van der Waals surface area contributed by atoms with E-state index in [1.165, 1.54) is 12.8 Å². The number of rotatable bonds is 8. The zero-order valence-electron chi connectivity index (χ0n) is 17.5. The fourth-order valence-corrected chi connectivity index (χ4v) is 3.66. The van der Waals surface area contributed by atoms with Crippen molar-refractivity contribution in [3.05, 3.63) is 54.1 Å². The van der Waals surface area contributed by atoms with Crippen molar-refractivity contribution in [1.82, 2.24) is 10.2 Å². The molecule has 1 fully saturated rings. The van der Waals surface area contributed by atoms with Crippen molar-refractivity contribution in [2.45, 2.75) is 37.8 Å². The van der Waals surface area contributed by atoms with Crippen molar-refractivity contribution in [1.29, 1.82) is 0 Å². The first kappa shape index (κ1) is 21.0. The molecule has 2 aromatic carbocycles. The number of ether oxygens (including phenoxy) is 2. The van der Waals surface area contributed by atoms with E-state index in [0.29, 0.717) is 12.2 Å². The van der Waals surface area contributed by atoms with E-state index in [4.69, 9.17) is 9.47 Å². The number of likely N-dealkylation sites (N-methyl/N-ethyl adjacent to an activating group) is 1. The summed E-state index contributed by atoms with van der Waals surface area (Å²) in [5.74, 6) is 1.53. The van der Waals surface area contributed by atoms with E-state index in [0.717, 1.165) is 29.9 Å². The van der Waals surface area contributed by atoms with Gasteiger partial charge < -0.3 is 25.0 Å². The number of amides is 2. The fourth-order valence-electron chi connectivity index (χ4n) is 3.66. The Bertz CT molecular complexity index is 803. The fraction of sp³-hybridized carbons (Fsp3) is 0.435. The van der Waals surface area contributed by atoms with Gasteiger partial charge in [0.05, 0.1) is 24.9 Å². The molecule has 6 nitrogen and oxygen atoms in total. The highest BCUT2D eigenvalue weighted by Gasteiger charge is 2.19. The van der Waals surface area contributed by atoms with Crippen LogP contribution < -0.4 is 20.1 Å². The Labute approximate surface area is 173 Å². The third kappa shape index (κ3) is 5.87. The summed E-state index contributed by atoms with van der Waals surface area (Å²) < 4.78 is 11.4. The minimum absolute atomic E-state index is 0.0285. The lowest BCUT2D eigenvalue weighted by molar-refractivity contribution is 0.211. The van der Waals surface area contributed by atoms with Gasteiger partial charge >= 0.3 is 6.03 Å². The van der Waals surface area contributed by atoms with Crippen molar-refractivity contribution in [3.8, 4) is 11.5 Å². The van der Waals surface area contributed by atoms with Crippen LogP contribution in [0.5, 0.6) is 11.5 Å². The summed E-state index contributed by atoms with van der Waals surface area (Å²) in [6.45, 7) is 0.470. The van der Waals surface area contributed by atoms with Crippen LogP contribution in [0.1, 0.15) is 37.3 Å². The van der Waals surface area contributed by atoms with Crippen LogP contribution in [0.15, 0.2) is 48.5 Å². The first-order valence-corrected chi connectivity index (χ1v) is 10.2.